The van der Waals surface area contributed by atoms with Gasteiger partial charge in [0.15, 0.2) is 0 Å². The molecule has 3 fully saturated rings. The van der Waals surface area contributed by atoms with Crippen molar-refractivity contribution in [2.75, 3.05) is 32.7 Å². The van der Waals surface area contributed by atoms with Crippen LogP contribution in [-0.4, -0.2) is 79.3 Å². The number of carbonyl (C=O) groups is 2. The molecule has 3 amide bonds. The number of urea groups is 1. The van der Waals surface area contributed by atoms with Crippen LogP contribution in [0.1, 0.15) is 55.8 Å². The van der Waals surface area contributed by atoms with Gasteiger partial charge in [-0.2, -0.15) is 4.31 Å². The van der Waals surface area contributed by atoms with Gasteiger partial charge in [-0.3, -0.25) is 4.79 Å². The monoisotopic (exact) mass is 448 g/mol. The molecule has 1 aromatic rings. The summed E-state index contributed by atoms with van der Waals surface area (Å²) in [4.78, 5) is 28.9. The van der Waals surface area contributed by atoms with Crippen molar-refractivity contribution in [1.29, 1.82) is 0 Å². The lowest BCUT2D eigenvalue weighted by atomic mass is 10.0. The van der Waals surface area contributed by atoms with Crippen LogP contribution >= 0.6 is 0 Å². The van der Waals surface area contributed by atoms with E-state index in [1.165, 1.54) is 0 Å². The maximum absolute atomic E-state index is 13.0. The molecule has 1 atom stereocenters. The summed E-state index contributed by atoms with van der Waals surface area (Å²) in [6.45, 7) is 5.20. The van der Waals surface area contributed by atoms with Gasteiger partial charge in [0, 0.05) is 50.4 Å². The van der Waals surface area contributed by atoms with Crippen LogP contribution in [0.4, 0.5) is 4.79 Å². The first kappa shape index (κ1) is 22.1. The number of sulfonamides is 1. The van der Waals surface area contributed by atoms with Crippen molar-refractivity contribution in [3.05, 3.63) is 29.8 Å². The number of nitrogens with one attached hydrogen (secondary N) is 1. The molecule has 3 heterocycles. The van der Waals surface area contributed by atoms with Crippen LogP contribution in [0.2, 0.25) is 0 Å². The van der Waals surface area contributed by atoms with Crippen molar-refractivity contribution in [2.24, 2.45) is 0 Å². The van der Waals surface area contributed by atoms with Gasteiger partial charge >= 0.3 is 6.03 Å². The van der Waals surface area contributed by atoms with Gasteiger partial charge in [0.1, 0.15) is 0 Å². The summed E-state index contributed by atoms with van der Waals surface area (Å²) in [5.74, 6) is -0.0863. The van der Waals surface area contributed by atoms with Gasteiger partial charge in [-0.1, -0.05) is 6.42 Å². The summed E-state index contributed by atoms with van der Waals surface area (Å²) in [7, 11) is -3.54. The van der Waals surface area contributed by atoms with Crippen molar-refractivity contribution in [1.82, 2.24) is 19.4 Å². The molecule has 3 saturated heterocycles. The van der Waals surface area contributed by atoms with E-state index < -0.39 is 10.0 Å². The number of benzene rings is 1. The highest BCUT2D eigenvalue weighted by Gasteiger charge is 2.33. The Balaban J connectivity index is 1.38. The first-order valence-corrected chi connectivity index (χ1v) is 12.8. The van der Waals surface area contributed by atoms with E-state index in [1.807, 2.05) is 11.8 Å². The molecular formula is C22H32N4O4S. The van der Waals surface area contributed by atoms with Crippen LogP contribution in [0.5, 0.6) is 0 Å². The van der Waals surface area contributed by atoms with E-state index in [4.69, 9.17) is 0 Å². The molecule has 0 bridgehead atoms. The van der Waals surface area contributed by atoms with Crippen LogP contribution < -0.4 is 5.32 Å². The van der Waals surface area contributed by atoms with E-state index in [2.05, 4.69) is 5.32 Å². The van der Waals surface area contributed by atoms with Gasteiger partial charge in [0.2, 0.25) is 10.0 Å². The number of amides is 3. The molecule has 170 valence electrons. The fourth-order valence-electron chi connectivity index (χ4n) is 4.89. The second-order valence-electron chi connectivity index (χ2n) is 8.79. The normalized spacial score (nSPS) is 24.2. The minimum Gasteiger partial charge on any atom is -0.338 e. The van der Waals surface area contributed by atoms with Gasteiger partial charge in [-0.25, -0.2) is 13.2 Å². The zero-order valence-electron chi connectivity index (χ0n) is 18.1. The molecule has 0 saturated carbocycles. The number of carbonyl (C=O) groups excluding carboxylic acids is 2. The zero-order valence-corrected chi connectivity index (χ0v) is 18.9. The van der Waals surface area contributed by atoms with E-state index in [1.54, 1.807) is 33.5 Å². The Hall–Kier alpha value is -2.13. The molecule has 0 spiro atoms. The Bertz CT molecular complexity index is 910. The molecule has 1 N–H and O–H groups in total. The van der Waals surface area contributed by atoms with Gasteiger partial charge in [-0.05, 0) is 63.3 Å². The number of rotatable bonds is 4. The van der Waals surface area contributed by atoms with Crippen LogP contribution in [0, 0.1) is 0 Å². The highest BCUT2D eigenvalue weighted by Crippen LogP contribution is 2.26. The third-order valence-corrected chi connectivity index (χ3v) is 8.78. The summed E-state index contributed by atoms with van der Waals surface area (Å²) in [6.07, 6.45) is 5.30. The summed E-state index contributed by atoms with van der Waals surface area (Å²) in [5.41, 5.74) is 0.500. The summed E-state index contributed by atoms with van der Waals surface area (Å²) in [5, 5.41) is 2.89. The van der Waals surface area contributed by atoms with Gasteiger partial charge < -0.3 is 15.1 Å². The Labute approximate surface area is 184 Å². The average Bonchev–Trinajstić information content (AvgIpc) is 2.79. The highest BCUT2D eigenvalue weighted by atomic mass is 32.2. The maximum Gasteiger partial charge on any atom is 0.317 e. The predicted octanol–water partition coefficient (Wildman–Crippen LogP) is 2.27. The largest absolute Gasteiger partial charge is 0.338 e. The molecule has 0 radical (unpaired) electrons. The number of nitrogens with zero attached hydrogens (tertiary/aromatic N) is 3. The van der Waals surface area contributed by atoms with E-state index in [0.29, 0.717) is 25.2 Å². The van der Waals surface area contributed by atoms with E-state index >= 15 is 0 Å². The van der Waals surface area contributed by atoms with Gasteiger partial charge in [0.25, 0.3) is 5.91 Å². The molecule has 3 aliphatic rings. The zero-order chi connectivity index (χ0) is 22.0. The average molecular weight is 449 g/mol. The van der Waals surface area contributed by atoms with Crippen molar-refractivity contribution in [3.8, 4) is 0 Å². The van der Waals surface area contributed by atoms with Crippen molar-refractivity contribution in [3.63, 3.8) is 0 Å². The first-order valence-electron chi connectivity index (χ1n) is 11.3. The van der Waals surface area contributed by atoms with Crippen LogP contribution in [0.25, 0.3) is 0 Å². The SMILES string of the molecule is CC1CCCCN1S(=O)(=O)c1ccc(C(=O)N2CCC(N3CCCNC3=O)CC2)cc1. The van der Waals surface area contributed by atoms with Crippen LogP contribution in [-0.2, 0) is 10.0 Å². The third kappa shape index (κ3) is 4.57. The molecular weight excluding hydrogens is 416 g/mol. The molecule has 0 aromatic heterocycles. The van der Waals surface area contributed by atoms with Crippen molar-refractivity contribution in [2.45, 2.75) is 62.4 Å². The molecule has 9 heteroatoms. The molecule has 0 aliphatic carbocycles. The second kappa shape index (κ2) is 9.16. The fraction of sp³-hybridized carbons (Fsp3) is 0.636. The summed E-state index contributed by atoms with van der Waals surface area (Å²) >= 11 is 0. The fourth-order valence-corrected chi connectivity index (χ4v) is 6.59. The van der Waals surface area contributed by atoms with E-state index in [9.17, 15) is 18.0 Å². The van der Waals surface area contributed by atoms with Crippen molar-refractivity contribution < 1.29 is 18.0 Å². The Morgan fingerprint density at radius 1 is 0.968 bits per heavy atom. The molecule has 3 aliphatic heterocycles. The maximum atomic E-state index is 13.0. The lowest BCUT2D eigenvalue weighted by molar-refractivity contribution is 0.0642. The number of piperidine rings is 2. The smallest absolute Gasteiger partial charge is 0.317 e. The second-order valence-corrected chi connectivity index (χ2v) is 10.7. The quantitative estimate of drug-likeness (QED) is 0.765. The number of hydrogen-bond acceptors (Lipinski definition) is 4. The first-order chi connectivity index (χ1) is 14.9. The lowest BCUT2D eigenvalue weighted by Gasteiger charge is -2.40. The third-order valence-electron chi connectivity index (χ3n) is 6.76. The standard InChI is InChI=1S/C22H32N4O4S/c1-17-5-2-3-14-26(17)31(29,30)20-8-6-18(7-9-20)21(27)24-15-10-19(11-16-24)25-13-4-12-23-22(25)28/h6-9,17,19H,2-5,10-16H2,1H3,(H,23,28). The van der Waals surface area contributed by atoms with Gasteiger partial charge in [0.05, 0.1) is 4.90 Å². The Morgan fingerprint density at radius 2 is 1.68 bits per heavy atom. The van der Waals surface area contributed by atoms with Crippen molar-refractivity contribution >= 4 is 22.0 Å². The van der Waals surface area contributed by atoms with E-state index in [-0.39, 0.29) is 28.9 Å². The molecule has 4 rings (SSSR count). The predicted molar refractivity (Wildman–Crippen MR) is 117 cm³/mol. The summed E-state index contributed by atoms with van der Waals surface area (Å²) < 4.78 is 27.6. The van der Waals surface area contributed by atoms with Gasteiger partial charge in [-0.15, -0.1) is 0 Å². The minimum atomic E-state index is -3.54. The lowest BCUT2D eigenvalue weighted by Crippen LogP contribution is -2.54. The Morgan fingerprint density at radius 3 is 2.32 bits per heavy atom. The molecule has 1 aromatic carbocycles. The summed E-state index contributed by atoms with van der Waals surface area (Å²) in [6, 6.07) is 6.51. The van der Waals surface area contributed by atoms with E-state index in [0.717, 1.165) is 51.6 Å². The van der Waals surface area contributed by atoms with Crippen LogP contribution in [0.3, 0.4) is 0 Å². The highest BCUT2D eigenvalue weighted by molar-refractivity contribution is 7.89. The molecule has 1 unspecified atom stereocenters. The molecule has 8 nitrogen and oxygen atoms in total. The number of likely N-dealkylation sites (tertiary alicyclic amines) is 1. The number of hydrogen-bond donors (Lipinski definition) is 1. The Kier molecular flexibility index (Phi) is 6.52. The minimum absolute atomic E-state index is 0.00309. The van der Waals surface area contributed by atoms with Crippen LogP contribution in [0.15, 0.2) is 29.2 Å². The topological polar surface area (TPSA) is 90.0 Å². The molecule has 31 heavy (non-hydrogen) atoms.